The van der Waals surface area contributed by atoms with Crippen LogP contribution in [0, 0.1) is 0 Å². The summed E-state index contributed by atoms with van der Waals surface area (Å²) in [5.41, 5.74) is -0.444. The summed E-state index contributed by atoms with van der Waals surface area (Å²) >= 11 is 6.08. The van der Waals surface area contributed by atoms with Crippen molar-refractivity contribution in [2.24, 2.45) is 0 Å². The van der Waals surface area contributed by atoms with Crippen LogP contribution in [-0.4, -0.2) is 16.4 Å². The van der Waals surface area contributed by atoms with Crippen LogP contribution >= 0.6 is 11.6 Å². The van der Waals surface area contributed by atoms with E-state index in [0.29, 0.717) is 6.42 Å². The Bertz CT molecular complexity index is 193. The SMILES string of the molecule is CC[C@]1(C)OC(=O)[C@@]1(Cl)CC. The fourth-order valence-corrected chi connectivity index (χ4v) is 1.62. The van der Waals surface area contributed by atoms with E-state index in [-0.39, 0.29) is 5.97 Å². The standard InChI is InChI=1S/C8H13ClO2/c1-4-7(3)8(9,5-2)6(10)11-7/h4-5H2,1-3H3/t7-,8-/m0/s1. The number of halogens is 1. The molecule has 2 nitrogen and oxygen atoms in total. The highest BCUT2D eigenvalue weighted by molar-refractivity contribution is 6.37. The van der Waals surface area contributed by atoms with Crippen LogP contribution in [0.25, 0.3) is 0 Å². The highest BCUT2D eigenvalue weighted by Gasteiger charge is 2.63. The van der Waals surface area contributed by atoms with Crippen LogP contribution in [0.5, 0.6) is 0 Å². The molecule has 0 spiro atoms. The molecule has 3 heteroatoms. The Balaban J connectivity index is 2.84. The normalized spacial score (nSPS) is 43.1. The molecule has 1 saturated heterocycles. The third kappa shape index (κ3) is 0.886. The summed E-state index contributed by atoms with van der Waals surface area (Å²) in [7, 11) is 0. The van der Waals surface area contributed by atoms with Crippen molar-refractivity contribution in [1.29, 1.82) is 0 Å². The number of alkyl halides is 1. The van der Waals surface area contributed by atoms with E-state index < -0.39 is 10.5 Å². The minimum absolute atomic E-state index is 0.272. The summed E-state index contributed by atoms with van der Waals surface area (Å²) in [6.07, 6.45) is 1.41. The predicted octanol–water partition coefficient (Wildman–Crippen LogP) is 2.10. The molecule has 1 rings (SSSR count). The van der Waals surface area contributed by atoms with Crippen LogP contribution in [0.4, 0.5) is 0 Å². The number of ether oxygens (including phenoxy) is 1. The molecule has 64 valence electrons. The van der Waals surface area contributed by atoms with E-state index in [4.69, 9.17) is 16.3 Å². The molecule has 0 amide bonds. The van der Waals surface area contributed by atoms with Gasteiger partial charge in [0.1, 0.15) is 5.60 Å². The molecule has 0 aromatic rings. The Hall–Kier alpha value is -0.240. The van der Waals surface area contributed by atoms with Crippen molar-refractivity contribution in [2.75, 3.05) is 0 Å². The van der Waals surface area contributed by atoms with Gasteiger partial charge in [0.05, 0.1) is 0 Å². The topological polar surface area (TPSA) is 26.3 Å². The smallest absolute Gasteiger partial charge is 0.331 e. The molecule has 0 aromatic carbocycles. The second kappa shape index (κ2) is 2.37. The van der Waals surface area contributed by atoms with Crippen LogP contribution < -0.4 is 0 Å². The van der Waals surface area contributed by atoms with E-state index in [1.807, 2.05) is 20.8 Å². The molecule has 0 unspecified atom stereocenters. The molecular weight excluding hydrogens is 164 g/mol. The maximum absolute atomic E-state index is 11.0. The summed E-state index contributed by atoms with van der Waals surface area (Å²) in [4.78, 5) is 10.2. The van der Waals surface area contributed by atoms with Crippen molar-refractivity contribution in [1.82, 2.24) is 0 Å². The van der Waals surface area contributed by atoms with Crippen LogP contribution in [0.15, 0.2) is 0 Å². The third-order valence-electron chi connectivity index (χ3n) is 2.64. The van der Waals surface area contributed by atoms with Gasteiger partial charge < -0.3 is 4.74 Å². The fraction of sp³-hybridized carbons (Fsp3) is 0.875. The predicted molar refractivity (Wildman–Crippen MR) is 43.7 cm³/mol. The van der Waals surface area contributed by atoms with Crippen molar-refractivity contribution in [3.8, 4) is 0 Å². The van der Waals surface area contributed by atoms with Crippen molar-refractivity contribution < 1.29 is 9.53 Å². The first-order valence-electron chi connectivity index (χ1n) is 3.92. The van der Waals surface area contributed by atoms with Crippen molar-refractivity contribution >= 4 is 17.6 Å². The lowest BCUT2D eigenvalue weighted by Crippen LogP contribution is -2.66. The van der Waals surface area contributed by atoms with Gasteiger partial charge in [-0.25, -0.2) is 4.79 Å². The molecule has 1 fully saturated rings. The van der Waals surface area contributed by atoms with Gasteiger partial charge in [-0.2, -0.15) is 0 Å². The van der Waals surface area contributed by atoms with Crippen LogP contribution in [-0.2, 0) is 9.53 Å². The Morgan fingerprint density at radius 3 is 2.18 bits per heavy atom. The molecule has 0 saturated carbocycles. The molecule has 1 aliphatic heterocycles. The van der Waals surface area contributed by atoms with Gasteiger partial charge in [0.15, 0.2) is 4.87 Å². The Morgan fingerprint density at radius 1 is 1.45 bits per heavy atom. The molecule has 0 N–H and O–H groups in total. The largest absolute Gasteiger partial charge is 0.455 e. The van der Waals surface area contributed by atoms with Gasteiger partial charge in [0, 0.05) is 0 Å². The summed E-state index contributed by atoms with van der Waals surface area (Å²) in [6, 6.07) is 0. The second-order valence-electron chi connectivity index (χ2n) is 3.13. The molecule has 11 heavy (non-hydrogen) atoms. The van der Waals surface area contributed by atoms with Gasteiger partial charge >= 0.3 is 5.97 Å². The van der Waals surface area contributed by atoms with E-state index in [9.17, 15) is 4.79 Å². The van der Waals surface area contributed by atoms with Crippen molar-refractivity contribution in [2.45, 2.75) is 44.1 Å². The zero-order chi connectivity index (χ0) is 8.70. The zero-order valence-electron chi connectivity index (χ0n) is 7.11. The van der Waals surface area contributed by atoms with Gasteiger partial charge in [-0.1, -0.05) is 13.8 Å². The number of hydrogen-bond acceptors (Lipinski definition) is 2. The van der Waals surface area contributed by atoms with Gasteiger partial charge in [0.25, 0.3) is 0 Å². The van der Waals surface area contributed by atoms with E-state index in [2.05, 4.69) is 0 Å². The maximum Gasteiger partial charge on any atom is 0.331 e. The van der Waals surface area contributed by atoms with Crippen LogP contribution in [0.2, 0.25) is 0 Å². The Labute approximate surface area is 71.9 Å². The Kier molecular flexibility index (Phi) is 1.91. The van der Waals surface area contributed by atoms with Crippen molar-refractivity contribution in [3.63, 3.8) is 0 Å². The minimum Gasteiger partial charge on any atom is -0.455 e. The van der Waals surface area contributed by atoms with Gasteiger partial charge in [-0.3, -0.25) is 0 Å². The first kappa shape index (κ1) is 8.85. The molecule has 1 aliphatic rings. The molecule has 0 radical (unpaired) electrons. The first-order chi connectivity index (χ1) is 5.00. The molecular formula is C8H13ClO2. The minimum atomic E-state index is -0.762. The van der Waals surface area contributed by atoms with E-state index in [1.165, 1.54) is 0 Å². The lowest BCUT2D eigenvalue weighted by Gasteiger charge is -2.50. The average molecular weight is 177 g/mol. The highest BCUT2D eigenvalue weighted by Crippen LogP contribution is 2.47. The fourth-order valence-electron chi connectivity index (χ4n) is 1.41. The van der Waals surface area contributed by atoms with Crippen molar-refractivity contribution in [3.05, 3.63) is 0 Å². The zero-order valence-corrected chi connectivity index (χ0v) is 7.86. The lowest BCUT2D eigenvalue weighted by atomic mass is 9.79. The number of hydrogen-bond donors (Lipinski definition) is 0. The van der Waals surface area contributed by atoms with Crippen LogP contribution in [0.3, 0.4) is 0 Å². The molecule has 2 atom stereocenters. The van der Waals surface area contributed by atoms with Gasteiger partial charge in [0.2, 0.25) is 0 Å². The van der Waals surface area contributed by atoms with Gasteiger partial charge in [-0.15, -0.1) is 11.6 Å². The van der Waals surface area contributed by atoms with E-state index in [0.717, 1.165) is 6.42 Å². The Morgan fingerprint density at radius 2 is 2.00 bits per heavy atom. The van der Waals surface area contributed by atoms with Crippen LogP contribution in [0.1, 0.15) is 33.6 Å². The molecule has 1 heterocycles. The number of carbonyl (C=O) groups is 1. The number of cyclic esters (lactones) is 1. The van der Waals surface area contributed by atoms with Gasteiger partial charge in [-0.05, 0) is 19.8 Å². The van der Waals surface area contributed by atoms with E-state index >= 15 is 0 Å². The lowest BCUT2D eigenvalue weighted by molar-refractivity contribution is -0.202. The number of esters is 1. The second-order valence-corrected chi connectivity index (χ2v) is 3.77. The first-order valence-corrected chi connectivity index (χ1v) is 4.30. The number of carbonyl (C=O) groups excluding carboxylic acids is 1. The summed E-state index contributed by atoms with van der Waals surface area (Å²) in [5.74, 6) is -0.272. The third-order valence-corrected chi connectivity index (χ3v) is 3.46. The summed E-state index contributed by atoms with van der Waals surface area (Å²) in [6.45, 7) is 5.76. The monoisotopic (exact) mass is 176 g/mol. The molecule has 0 aromatic heterocycles. The highest BCUT2D eigenvalue weighted by atomic mass is 35.5. The molecule has 0 bridgehead atoms. The summed E-state index contributed by atoms with van der Waals surface area (Å²) in [5, 5.41) is 0. The quantitative estimate of drug-likeness (QED) is 0.476. The van der Waals surface area contributed by atoms with E-state index in [1.54, 1.807) is 0 Å². The number of rotatable bonds is 2. The average Bonchev–Trinajstić information content (AvgIpc) is 2.02. The molecule has 0 aliphatic carbocycles. The summed E-state index contributed by atoms with van der Waals surface area (Å²) < 4.78 is 5.01. The maximum atomic E-state index is 11.0.